The minimum Gasteiger partial charge on any atom is -0.207 e. The van der Waals surface area contributed by atoms with Gasteiger partial charge in [-0.3, -0.25) is 0 Å². The van der Waals surface area contributed by atoms with Crippen molar-refractivity contribution in [3.63, 3.8) is 0 Å². The maximum absolute atomic E-state index is 12.6. The molecule has 19 heavy (non-hydrogen) atoms. The van der Waals surface area contributed by atoms with Gasteiger partial charge in [0.15, 0.2) is 0 Å². The average Bonchev–Trinajstić information content (AvgIpc) is 2.71. The molecule has 0 aliphatic carbocycles. The SMILES string of the molecule is Cc1ccc(C#N)cc1S(=O)(=O)N1CC(C)C(C)C1. The second kappa shape index (κ2) is 4.95. The van der Waals surface area contributed by atoms with Gasteiger partial charge in [0.25, 0.3) is 0 Å². The van der Waals surface area contributed by atoms with Crippen molar-refractivity contribution >= 4 is 10.0 Å². The Bertz CT molecular complexity index is 621. The Morgan fingerprint density at radius 2 is 1.84 bits per heavy atom. The van der Waals surface area contributed by atoms with Crippen molar-refractivity contribution in [3.05, 3.63) is 29.3 Å². The fourth-order valence-corrected chi connectivity index (χ4v) is 4.25. The number of hydrogen-bond acceptors (Lipinski definition) is 3. The van der Waals surface area contributed by atoms with Crippen LogP contribution in [0.3, 0.4) is 0 Å². The first-order chi connectivity index (χ1) is 8.86. The number of nitrogens with zero attached hydrogens (tertiary/aromatic N) is 2. The first-order valence-electron chi connectivity index (χ1n) is 6.37. The van der Waals surface area contributed by atoms with Gasteiger partial charge in [0, 0.05) is 13.1 Å². The Hall–Kier alpha value is -1.38. The number of rotatable bonds is 2. The summed E-state index contributed by atoms with van der Waals surface area (Å²) in [7, 11) is -3.49. The van der Waals surface area contributed by atoms with Crippen LogP contribution in [0, 0.1) is 30.1 Å². The number of hydrogen-bond donors (Lipinski definition) is 0. The van der Waals surface area contributed by atoms with Crippen molar-refractivity contribution < 1.29 is 8.42 Å². The van der Waals surface area contributed by atoms with Crippen LogP contribution >= 0.6 is 0 Å². The summed E-state index contributed by atoms with van der Waals surface area (Å²) >= 11 is 0. The molecule has 1 aliphatic rings. The van der Waals surface area contributed by atoms with Crippen LogP contribution in [0.1, 0.15) is 25.0 Å². The highest BCUT2D eigenvalue weighted by Gasteiger charge is 2.35. The van der Waals surface area contributed by atoms with Crippen molar-refractivity contribution in [3.8, 4) is 6.07 Å². The molecule has 0 amide bonds. The largest absolute Gasteiger partial charge is 0.243 e. The van der Waals surface area contributed by atoms with Gasteiger partial charge >= 0.3 is 0 Å². The van der Waals surface area contributed by atoms with E-state index >= 15 is 0 Å². The molecule has 0 radical (unpaired) electrons. The summed E-state index contributed by atoms with van der Waals surface area (Å²) in [6.45, 7) is 7.01. The molecule has 2 unspecified atom stereocenters. The summed E-state index contributed by atoms with van der Waals surface area (Å²) in [5.41, 5.74) is 1.07. The van der Waals surface area contributed by atoms with E-state index in [9.17, 15) is 8.42 Å². The molecule has 1 fully saturated rings. The highest BCUT2D eigenvalue weighted by atomic mass is 32.2. The van der Waals surface area contributed by atoms with Crippen LogP contribution in [0.5, 0.6) is 0 Å². The Balaban J connectivity index is 2.43. The van der Waals surface area contributed by atoms with E-state index in [0.29, 0.717) is 36.1 Å². The third-order valence-corrected chi connectivity index (χ3v) is 5.86. The Morgan fingerprint density at radius 3 is 2.37 bits per heavy atom. The zero-order chi connectivity index (χ0) is 14.2. The van der Waals surface area contributed by atoms with E-state index < -0.39 is 10.0 Å². The highest BCUT2D eigenvalue weighted by Crippen LogP contribution is 2.29. The first kappa shape index (κ1) is 14.0. The van der Waals surface area contributed by atoms with E-state index in [4.69, 9.17) is 5.26 Å². The predicted octanol–water partition coefficient (Wildman–Crippen LogP) is 2.14. The topological polar surface area (TPSA) is 61.2 Å². The van der Waals surface area contributed by atoms with Gasteiger partial charge in [-0.25, -0.2) is 8.42 Å². The normalized spacial score (nSPS) is 24.3. The number of aryl methyl sites for hydroxylation is 1. The number of benzene rings is 1. The van der Waals surface area contributed by atoms with Crippen LogP contribution in [0.2, 0.25) is 0 Å². The first-order valence-corrected chi connectivity index (χ1v) is 7.81. The summed E-state index contributed by atoms with van der Waals surface area (Å²) in [6.07, 6.45) is 0. The highest BCUT2D eigenvalue weighted by molar-refractivity contribution is 7.89. The van der Waals surface area contributed by atoms with Crippen molar-refractivity contribution in [2.45, 2.75) is 25.7 Å². The number of sulfonamides is 1. The molecule has 1 aromatic rings. The molecule has 1 heterocycles. The quantitative estimate of drug-likeness (QED) is 0.832. The summed E-state index contributed by atoms with van der Waals surface area (Å²) in [5.74, 6) is 0.739. The smallest absolute Gasteiger partial charge is 0.207 e. The molecule has 0 bridgehead atoms. The van der Waals surface area contributed by atoms with Gasteiger partial charge in [-0.15, -0.1) is 0 Å². The predicted molar refractivity (Wildman–Crippen MR) is 73.0 cm³/mol. The van der Waals surface area contributed by atoms with E-state index in [0.717, 1.165) is 0 Å². The van der Waals surface area contributed by atoms with E-state index in [1.807, 2.05) is 6.07 Å². The second-order valence-electron chi connectivity index (χ2n) is 5.37. The van der Waals surface area contributed by atoms with Crippen molar-refractivity contribution in [1.82, 2.24) is 4.31 Å². The third kappa shape index (κ3) is 2.51. The zero-order valence-corrected chi connectivity index (χ0v) is 12.2. The van der Waals surface area contributed by atoms with Gasteiger partial charge in [0.05, 0.1) is 16.5 Å². The zero-order valence-electron chi connectivity index (χ0n) is 11.4. The molecule has 1 aromatic carbocycles. The summed E-state index contributed by atoms with van der Waals surface area (Å²) in [4.78, 5) is 0.257. The lowest BCUT2D eigenvalue weighted by Crippen LogP contribution is -2.29. The lowest BCUT2D eigenvalue weighted by atomic mass is 10.0. The Labute approximate surface area is 114 Å². The van der Waals surface area contributed by atoms with Crippen LogP contribution in [-0.2, 0) is 10.0 Å². The summed E-state index contributed by atoms with van der Waals surface area (Å²) < 4.78 is 26.8. The van der Waals surface area contributed by atoms with Crippen molar-refractivity contribution in [2.75, 3.05) is 13.1 Å². The fraction of sp³-hybridized carbons (Fsp3) is 0.500. The van der Waals surface area contributed by atoms with Gasteiger partial charge in [-0.2, -0.15) is 9.57 Å². The minimum atomic E-state index is -3.49. The average molecular weight is 278 g/mol. The molecule has 2 atom stereocenters. The van der Waals surface area contributed by atoms with Crippen LogP contribution in [0.25, 0.3) is 0 Å². The standard InChI is InChI=1S/C14H18N2O2S/c1-10-4-5-13(7-15)6-14(10)19(17,18)16-8-11(2)12(3)9-16/h4-6,11-12H,8-9H2,1-3H3. The van der Waals surface area contributed by atoms with Crippen molar-refractivity contribution in [2.24, 2.45) is 11.8 Å². The molecular weight excluding hydrogens is 260 g/mol. The molecule has 0 aromatic heterocycles. The molecular formula is C14H18N2O2S. The molecule has 1 saturated heterocycles. The summed E-state index contributed by atoms with van der Waals surface area (Å²) in [6, 6.07) is 6.79. The van der Waals surface area contributed by atoms with Crippen LogP contribution in [-0.4, -0.2) is 25.8 Å². The molecule has 5 heteroatoms. The van der Waals surface area contributed by atoms with E-state index in [2.05, 4.69) is 13.8 Å². The van der Waals surface area contributed by atoms with Gasteiger partial charge in [0.1, 0.15) is 0 Å². The third-order valence-electron chi connectivity index (χ3n) is 3.89. The second-order valence-corrected chi connectivity index (χ2v) is 7.28. The van der Waals surface area contributed by atoms with Gasteiger partial charge < -0.3 is 0 Å². The van der Waals surface area contributed by atoms with Crippen molar-refractivity contribution in [1.29, 1.82) is 5.26 Å². The minimum absolute atomic E-state index is 0.257. The van der Waals surface area contributed by atoms with Crippen LogP contribution < -0.4 is 0 Å². The lowest BCUT2D eigenvalue weighted by molar-refractivity contribution is 0.463. The van der Waals surface area contributed by atoms with E-state index in [1.54, 1.807) is 19.1 Å². The number of nitriles is 1. The van der Waals surface area contributed by atoms with Gasteiger partial charge in [-0.1, -0.05) is 19.9 Å². The molecule has 2 rings (SSSR count). The molecule has 0 saturated carbocycles. The molecule has 0 spiro atoms. The fourth-order valence-electron chi connectivity index (χ4n) is 2.36. The van der Waals surface area contributed by atoms with Crippen LogP contribution in [0.4, 0.5) is 0 Å². The maximum atomic E-state index is 12.6. The molecule has 102 valence electrons. The Morgan fingerprint density at radius 1 is 1.26 bits per heavy atom. The van der Waals surface area contributed by atoms with E-state index in [-0.39, 0.29) is 4.90 Å². The van der Waals surface area contributed by atoms with Gasteiger partial charge in [-0.05, 0) is 36.5 Å². The summed E-state index contributed by atoms with van der Waals surface area (Å²) in [5, 5.41) is 8.91. The van der Waals surface area contributed by atoms with Gasteiger partial charge in [0.2, 0.25) is 10.0 Å². The molecule has 4 nitrogen and oxygen atoms in total. The monoisotopic (exact) mass is 278 g/mol. The maximum Gasteiger partial charge on any atom is 0.243 e. The van der Waals surface area contributed by atoms with Crippen LogP contribution in [0.15, 0.2) is 23.1 Å². The molecule has 0 N–H and O–H groups in total. The lowest BCUT2D eigenvalue weighted by Gasteiger charge is -2.17. The molecule has 1 aliphatic heterocycles. The Kier molecular flexibility index (Phi) is 3.66. The van der Waals surface area contributed by atoms with E-state index in [1.165, 1.54) is 10.4 Å².